The fourth-order valence-corrected chi connectivity index (χ4v) is 2.90. The van der Waals surface area contributed by atoms with Crippen LogP contribution in [0.1, 0.15) is 28.8 Å². The average Bonchev–Trinajstić information content (AvgIpc) is 3.38. The maximum absolute atomic E-state index is 12.2. The molecular formula is C18H17IN2O2. The van der Waals surface area contributed by atoms with Crippen LogP contribution in [0.3, 0.4) is 0 Å². The van der Waals surface area contributed by atoms with E-state index >= 15 is 0 Å². The van der Waals surface area contributed by atoms with E-state index in [4.69, 9.17) is 0 Å². The Morgan fingerprint density at radius 2 is 1.87 bits per heavy atom. The average molecular weight is 420 g/mol. The summed E-state index contributed by atoms with van der Waals surface area (Å²) in [6.07, 6.45) is 1.97. The number of anilines is 1. The lowest BCUT2D eigenvalue weighted by molar-refractivity contribution is -0.117. The SMILES string of the molecule is O=C(NCc1cccc(NC(=O)C2CC2)c1)c1ccccc1I. The lowest BCUT2D eigenvalue weighted by atomic mass is 10.1. The zero-order chi connectivity index (χ0) is 16.2. The summed E-state index contributed by atoms with van der Waals surface area (Å²) in [7, 11) is 0. The van der Waals surface area contributed by atoms with Gasteiger partial charge in [-0.05, 0) is 65.3 Å². The summed E-state index contributed by atoms with van der Waals surface area (Å²) in [5.74, 6) is 0.172. The molecule has 2 amide bonds. The van der Waals surface area contributed by atoms with Crippen LogP contribution in [-0.2, 0) is 11.3 Å². The molecule has 1 aliphatic rings. The van der Waals surface area contributed by atoms with Crippen molar-refractivity contribution in [2.24, 2.45) is 5.92 Å². The van der Waals surface area contributed by atoms with E-state index in [-0.39, 0.29) is 17.7 Å². The van der Waals surface area contributed by atoms with Gasteiger partial charge in [0.15, 0.2) is 0 Å². The minimum absolute atomic E-state index is 0.0880. The second kappa shape index (κ2) is 7.12. The van der Waals surface area contributed by atoms with Crippen molar-refractivity contribution in [1.29, 1.82) is 0 Å². The van der Waals surface area contributed by atoms with Crippen molar-refractivity contribution in [1.82, 2.24) is 5.32 Å². The fraction of sp³-hybridized carbons (Fsp3) is 0.222. The number of benzene rings is 2. The second-order valence-corrected chi connectivity index (χ2v) is 6.79. The van der Waals surface area contributed by atoms with Gasteiger partial charge in [-0.15, -0.1) is 0 Å². The van der Waals surface area contributed by atoms with Crippen LogP contribution in [-0.4, -0.2) is 11.8 Å². The van der Waals surface area contributed by atoms with E-state index in [1.54, 1.807) is 0 Å². The molecule has 4 nitrogen and oxygen atoms in total. The van der Waals surface area contributed by atoms with Gasteiger partial charge in [-0.2, -0.15) is 0 Å². The molecule has 1 fully saturated rings. The van der Waals surface area contributed by atoms with Gasteiger partial charge < -0.3 is 10.6 Å². The molecule has 118 valence electrons. The number of nitrogens with one attached hydrogen (secondary N) is 2. The Kier molecular flexibility index (Phi) is 4.95. The first kappa shape index (κ1) is 16.0. The molecule has 23 heavy (non-hydrogen) atoms. The van der Waals surface area contributed by atoms with Gasteiger partial charge in [-0.25, -0.2) is 0 Å². The van der Waals surface area contributed by atoms with Crippen molar-refractivity contribution in [2.75, 3.05) is 5.32 Å². The van der Waals surface area contributed by atoms with E-state index in [0.29, 0.717) is 12.1 Å². The van der Waals surface area contributed by atoms with Crippen LogP contribution in [0.5, 0.6) is 0 Å². The normalized spacial score (nSPS) is 13.4. The molecule has 0 aliphatic heterocycles. The molecule has 2 N–H and O–H groups in total. The van der Waals surface area contributed by atoms with Crippen LogP contribution >= 0.6 is 22.6 Å². The Bertz CT molecular complexity index is 741. The molecule has 0 unspecified atom stereocenters. The maximum atomic E-state index is 12.2. The fourth-order valence-electron chi connectivity index (χ4n) is 2.27. The molecule has 3 rings (SSSR count). The highest BCUT2D eigenvalue weighted by Crippen LogP contribution is 2.30. The molecule has 2 aromatic carbocycles. The summed E-state index contributed by atoms with van der Waals surface area (Å²) < 4.78 is 0.924. The van der Waals surface area contributed by atoms with Crippen LogP contribution in [0.15, 0.2) is 48.5 Å². The third-order valence-corrected chi connectivity index (χ3v) is 4.65. The summed E-state index contributed by atoms with van der Waals surface area (Å²) >= 11 is 2.15. The number of hydrogen-bond donors (Lipinski definition) is 2. The summed E-state index contributed by atoms with van der Waals surface area (Å²) in [5, 5.41) is 5.84. The Morgan fingerprint density at radius 1 is 1.09 bits per heavy atom. The minimum Gasteiger partial charge on any atom is -0.348 e. The van der Waals surface area contributed by atoms with Crippen molar-refractivity contribution in [3.05, 3.63) is 63.2 Å². The highest BCUT2D eigenvalue weighted by Gasteiger charge is 2.29. The van der Waals surface area contributed by atoms with Gasteiger partial charge in [0.25, 0.3) is 5.91 Å². The van der Waals surface area contributed by atoms with Crippen LogP contribution in [0.4, 0.5) is 5.69 Å². The zero-order valence-electron chi connectivity index (χ0n) is 12.5. The smallest absolute Gasteiger partial charge is 0.252 e. The number of carbonyl (C=O) groups is 2. The van der Waals surface area contributed by atoms with Gasteiger partial charge in [0.1, 0.15) is 0 Å². The third kappa shape index (κ3) is 4.31. The van der Waals surface area contributed by atoms with E-state index in [1.165, 1.54) is 0 Å². The first-order chi connectivity index (χ1) is 11.1. The van der Waals surface area contributed by atoms with Crippen molar-refractivity contribution >= 4 is 40.1 Å². The summed E-state index contributed by atoms with van der Waals surface area (Å²) in [5.41, 5.74) is 2.41. The Morgan fingerprint density at radius 3 is 2.61 bits per heavy atom. The van der Waals surface area contributed by atoms with E-state index in [1.807, 2.05) is 48.5 Å². The van der Waals surface area contributed by atoms with Gasteiger partial charge in [0.2, 0.25) is 5.91 Å². The van der Waals surface area contributed by atoms with Gasteiger partial charge in [0, 0.05) is 21.7 Å². The van der Waals surface area contributed by atoms with Crippen molar-refractivity contribution in [2.45, 2.75) is 19.4 Å². The van der Waals surface area contributed by atoms with Crippen LogP contribution in [0.2, 0.25) is 0 Å². The summed E-state index contributed by atoms with van der Waals surface area (Å²) in [6.45, 7) is 0.428. The van der Waals surface area contributed by atoms with E-state index in [2.05, 4.69) is 33.2 Å². The molecular weight excluding hydrogens is 403 g/mol. The molecule has 0 saturated heterocycles. The van der Waals surface area contributed by atoms with Gasteiger partial charge in [-0.1, -0.05) is 24.3 Å². The molecule has 0 aromatic heterocycles. The van der Waals surface area contributed by atoms with Gasteiger partial charge in [0.05, 0.1) is 5.56 Å². The monoisotopic (exact) mass is 420 g/mol. The number of hydrogen-bond acceptors (Lipinski definition) is 2. The van der Waals surface area contributed by atoms with Crippen molar-refractivity contribution < 1.29 is 9.59 Å². The topological polar surface area (TPSA) is 58.2 Å². The molecule has 0 spiro atoms. The minimum atomic E-state index is -0.0950. The maximum Gasteiger partial charge on any atom is 0.252 e. The van der Waals surface area contributed by atoms with Crippen molar-refractivity contribution in [3.63, 3.8) is 0 Å². The molecule has 0 bridgehead atoms. The summed E-state index contributed by atoms with van der Waals surface area (Å²) in [4.78, 5) is 24.0. The molecule has 0 atom stereocenters. The van der Waals surface area contributed by atoms with E-state index in [9.17, 15) is 9.59 Å². The zero-order valence-corrected chi connectivity index (χ0v) is 14.7. The lowest BCUT2D eigenvalue weighted by Crippen LogP contribution is -2.23. The molecule has 2 aromatic rings. The van der Waals surface area contributed by atoms with E-state index in [0.717, 1.165) is 27.7 Å². The van der Waals surface area contributed by atoms with Crippen LogP contribution < -0.4 is 10.6 Å². The standard InChI is InChI=1S/C18H17IN2O2/c19-16-7-2-1-6-15(16)18(23)20-11-12-4-3-5-14(10-12)21-17(22)13-8-9-13/h1-7,10,13H,8-9,11H2,(H,20,23)(H,21,22). The molecule has 1 aliphatic carbocycles. The Labute approximate surface area is 148 Å². The highest BCUT2D eigenvalue weighted by atomic mass is 127. The van der Waals surface area contributed by atoms with Crippen molar-refractivity contribution in [3.8, 4) is 0 Å². The molecule has 0 heterocycles. The molecule has 1 saturated carbocycles. The largest absolute Gasteiger partial charge is 0.348 e. The summed E-state index contributed by atoms with van der Waals surface area (Å²) in [6, 6.07) is 15.1. The Balaban J connectivity index is 1.60. The third-order valence-electron chi connectivity index (χ3n) is 3.71. The highest BCUT2D eigenvalue weighted by molar-refractivity contribution is 14.1. The second-order valence-electron chi connectivity index (χ2n) is 5.63. The number of rotatable bonds is 5. The number of halogens is 1. The van der Waals surface area contributed by atoms with Gasteiger partial charge >= 0.3 is 0 Å². The first-order valence-corrected chi connectivity index (χ1v) is 8.64. The number of amides is 2. The first-order valence-electron chi connectivity index (χ1n) is 7.56. The van der Waals surface area contributed by atoms with Crippen LogP contribution in [0, 0.1) is 9.49 Å². The Hall–Kier alpha value is -1.89. The molecule has 5 heteroatoms. The van der Waals surface area contributed by atoms with Crippen LogP contribution in [0.25, 0.3) is 0 Å². The lowest BCUT2D eigenvalue weighted by Gasteiger charge is -2.09. The molecule has 0 radical (unpaired) electrons. The quantitative estimate of drug-likeness (QED) is 0.727. The predicted molar refractivity (Wildman–Crippen MR) is 98.1 cm³/mol. The van der Waals surface area contributed by atoms with Gasteiger partial charge in [-0.3, -0.25) is 9.59 Å². The predicted octanol–water partition coefficient (Wildman–Crippen LogP) is 3.57. The number of carbonyl (C=O) groups excluding carboxylic acids is 2. The van der Waals surface area contributed by atoms with E-state index < -0.39 is 0 Å².